The van der Waals surface area contributed by atoms with E-state index in [0.29, 0.717) is 53.3 Å². The Hall–Kier alpha value is -2.17. The molecule has 30 heavy (non-hydrogen) atoms. The SMILES string of the molecule is O=c1[nH]c(NCc2ccc(Cl)c(Cl)c2)nc2cnn(CC(CO)N3CCOCC3)c12. The average molecular weight is 453 g/mol. The molecule has 0 radical (unpaired) electrons. The average Bonchev–Trinajstić information content (AvgIpc) is 3.16. The van der Waals surface area contributed by atoms with Gasteiger partial charge in [0.05, 0.1) is 48.6 Å². The molecule has 160 valence electrons. The van der Waals surface area contributed by atoms with Crippen LogP contribution in [-0.4, -0.2) is 68.7 Å². The third kappa shape index (κ3) is 4.60. The number of halogens is 2. The zero-order valence-electron chi connectivity index (χ0n) is 16.1. The number of H-pyrrole nitrogens is 1. The molecule has 0 aliphatic carbocycles. The Morgan fingerprint density at radius 1 is 1.27 bits per heavy atom. The topological polar surface area (TPSA) is 108 Å². The highest BCUT2D eigenvalue weighted by molar-refractivity contribution is 6.42. The zero-order chi connectivity index (χ0) is 21.1. The molecule has 0 bridgehead atoms. The highest BCUT2D eigenvalue weighted by Crippen LogP contribution is 2.23. The van der Waals surface area contributed by atoms with Gasteiger partial charge >= 0.3 is 0 Å². The van der Waals surface area contributed by atoms with E-state index in [1.165, 1.54) is 0 Å². The number of hydrogen-bond donors (Lipinski definition) is 3. The highest BCUT2D eigenvalue weighted by atomic mass is 35.5. The molecule has 3 N–H and O–H groups in total. The molecular formula is C19H22Cl2N6O3. The summed E-state index contributed by atoms with van der Waals surface area (Å²) in [4.78, 5) is 22.1. The summed E-state index contributed by atoms with van der Waals surface area (Å²) >= 11 is 12.0. The third-order valence-electron chi connectivity index (χ3n) is 5.10. The molecule has 1 atom stereocenters. The minimum Gasteiger partial charge on any atom is -0.395 e. The number of fused-ring (bicyclic) bond motifs is 1. The van der Waals surface area contributed by atoms with E-state index >= 15 is 0 Å². The number of nitrogens with one attached hydrogen (secondary N) is 2. The van der Waals surface area contributed by atoms with E-state index in [9.17, 15) is 9.90 Å². The van der Waals surface area contributed by atoms with Gasteiger partial charge in [-0.05, 0) is 17.7 Å². The zero-order valence-corrected chi connectivity index (χ0v) is 17.7. The van der Waals surface area contributed by atoms with Crippen LogP contribution in [-0.2, 0) is 17.8 Å². The number of aliphatic hydroxyl groups excluding tert-OH is 1. The second-order valence-corrected chi connectivity index (χ2v) is 7.88. The lowest BCUT2D eigenvalue weighted by Gasteiger charge is -2.33. The third-order valence-corrected chi connectivity index (χ3v) is 5.84. The number of aromatic nitrogens is 4. The van der Waals surface area contributed by atoms with E-state index < -0.39 is 0 Å². The Morgan fingerprint density at radius 2 is 2.07 bits per heavy atom. The molecule has 1 saturated heterocycles. The largest absolute Gasteiger partial charge is 0.395 e. The number of rotatable bonds is 7. The molecule has 1 aliphatic rings. The molecule has 4 rings (SSSR count). The lowest BCUT2D eigenvalue weighted by Crippen LogP contribution is -2.47. The minimum atomic E-state index is -0.298. The Bertz CT molecular complexity index is 1080. The first-order valence-corrected chi connectivity index (χ1v) is 10.4. The van der Waals surface area contributed by atoms with Crippen molar-refractivity contribution in [3.63, 3.8) is 0 Å². The summed E-state index contributed by atoms with van der Waals surface area (Å²) in [5.74, 6) is 0.338. The lowest BCUT2D eigenvalue weighted by molar-refractivity contribution is -0.00158. The maximum Gasteiger partial charge on any atom is 0.278 e. The molecule has 0 saturated carbocycles. The normalized spacial score (nSPS) is 16.1. The van der Waals surface area contributed by atoms with Crippen molar-refractivity contribution in [2.75, 3.05) is 38.2 Å². The standard InChI is InChI=1S/C19H22Cl2N6O3/c20-14-2-1-12(7-15(14)21)8-22-19-24-16-9-23-27(17(16)18(29)25-19)10-13(11-28)26-3-5-30-6-4-26/h1-2,7,9,13,28H,3-6,8,10-11H2,(H2,22,24,25,29). The van der Waals surface area contributed by atoms with E-state index in [1.54, 1.807) is 23.0 Å². The van der Waals surface area contributed by atoms with E-state index in [1.807, 2.05) is 6.07 Å². The van der Waals surface area contributed by atoms with E-state index in [-0.39, 0.29) is 18.2 Å². The molecule has 9 nitrogen and oxygen atoms in total. The summed E-state index contributed by atoms with van der Waals surface area (Å²) in [5.41, 5.74) is 1.46. The van der Waals surface area contributed by atoms with Crippen molar-refractivity contribution in [2.45, 2.75) is 19.1 Å². The molecule has 1 fully saturated rings. The maximum absolute atomic E-state index is 12.7. The van der Waals surface area contributed by atoms with Crippen molar-refractivity contribution >= 4 is 40.2 Å². The van der Waals surface area contributed by atoms with Gasteiger partial charge in [0.25, 0.3) is 5.56 Å². The van der Waals surface area contributed by atoms with Crippen LogP contribution in [0.15, 0.2) is 29.2 Å². The Balaban J connectivity index is 1.51. The van der Waals surface area contributed by atoms with Gasteiger partial charge in [-0.25, -0.2) is 4.98 Å². The van der Waals surface area contributed by atoms with Crippen molar-refractivity contribution in [3.8, 4) is 0 Å². The smallest absolute Gasteiger partial charge is 0.278 e. The number of anilines is 1. The fourth-order valence-corrected chi connectivity index (χ4v) is 3.82. The molecule has 2 aromatic heterocycles. The molecule has 3 aromatic rings. The summed E-state index contributed by atoms with van der Waals surface area (Å²) in [7, 11) is 0. The maximum atomic E-state index is 12.7. The number of aliphatic hydroxyl groups is 1. The van der Waals surface area contributed by atoms with Gasteiger partial charge < -0.3 is 15.2 Å². The summed E-state index contributed by atoms with van der Waals surface area (Å²) in [6.45, 7) is 3.52. The fraction of sp³-hybridized carbons (Fsp3) is 0.421. The van der Waals surface area contributed by atoms with Crippen LogP contribution in [0.1, 0.15) is 5.56 Å². The van der Waals surface area contributed by atoms with Gasteiger partial charge in [-0.3, -0.25) is 19.4 Å². The van der Waals surface area contributed by atoms with Gasteiger partial charge in [-0.2, -0.15) is 5.10 Å². The van der Waals surface area contributed by atoms with E-state index in [4.69, 9.17) is 27.9 Å². The van der Waals surface area contributed by atoms with Crippen LogP contribution < -0.4 is 10.9 Å². The van der Waals surface area contributed by atoms with E-state index in [2.05, 4.69) is 25.3 Å². The number of nitrogens with zero attached hydrogens (tertiary/aromatic N) is 4. The lowest BCUT2D eigenvalue weighted by atomic mass is 10.2. The molecule has 0 spiro atoms. The molecule has 11 heteroatoms. The Labute approximate surface area is 182 Å². The predicted octanol–water partition coefficient (Wildman–Crippen LogP) is 1.73. The van der Waals surface area contributed by atoms with Gasteiger partial charge in [-0.1, -0.05) is 29.3 Å². The van der Waals surface area contributed by atoms with E-state index in [0.717, 1.165) is 18.7 Å². The van der Waals surface area contributed by atoms with Crippen molar-refractivity contribution in [1.29, 1.82) is 0 Å². The molecule has 1 unspecified atom stereocenters. The molecular weight excluding hydrogens is 431 g/mol. The van der Waals surface area contributed by atoms with Crippen LogP contribution in [0, 0.1) is 0 Å². The first kappa shape index (κ1) is 21.1. The van der Waals surface area contributed by atoms with Crippen LogP contribution in [0.5, 0.6) is 0 Å². The summed E-state index contributed by atoms with van der Waals surface area (Å²) in [6.07, 6.45) is 1.56. The van der Waals surface area contributed by atoms with Gasteiger partial charge in [-0.15, -0.1) is 0 Å². The van der Waals surface area contributed by atoms with Crippen molar-refractivity contribution in [1.82, 2.24) is 24.6 Å². The van der Waals surface area contributed by atoms with Gasteiger partial charge in [0.15, 0.2) is 5.52 Å². The molecule has 1 aliphatic heterocycles. The highest BCUT2D eigenvalue weighted by Gasteiger charge is 2.22. The van der Waals surface area contributed by atoms with Gasteiger partial charge in [0.1, 0.15) is 5.52 Å². The monoisotopic (exact) mass is 452 g/mol. The number of morpholine rings is 1. The Kier molecular flexibility index (Phi) is 6.55. The predicted molar refractivity (Wildman–Crippen MR) is 115 cm³/mol. The van der Waals surface area contributed by atoms with Gasteiger partial charge in [0.2, 0.25) is 5.95 Å². The summed E-state index contributed by atoms with van der Waals surface area (Å²) in [6, 6.07) is 5.17. The van der Waals surface area contributed by atoms with Crippen LogP contribution in [0.2, 0.25) is 10.0 Å². The summed E-state index contributed by atoms with van der Waals surface area (Å²) < 4.78 is 6.97. The van der Waals surface area contributed by atoms with Crippen LogP contribution >= 0.6 is 23.2 Å². The molecule has 3 heterocycles. The van der Waals surface area contributed by atoms with Crippen LogP contribution in [0.3, 0.4) is 0 Å². The molecule has 0 amide bonds. The number of aromatic amines is 1. The first-order chi connectivity index (χ1) is 14.5. The molecule has 1 aromatic carbocycles. The second kappa shape index (κ2) is 9.32. The van der Waals surface area contributed by atoms with Crippen molar-refractivity contribution in [3.05, 3.63) is 50.4 Å². The Morgan fingerprint density at radius 3 is 2.80 bits per heavy atom. The van der Waals surface area contributed by atoms with Crippen molar-refractivity contribution in [2.24, 2.45) is 0 Å². The summed E-state index contributed by atoms with van der Waals surface area (Å²) in [5, 5.41) is 18.2. The van der Waals surface area contributed by atoms with Crippen LogP contribution in [0.25, 0.3) is 11.0 Å². The fourth-order valence-electron chi connectivity index (χ4n) is 3.49. The first-order valence-electron chi connectivity index (χ1n) is 9.61. The quantitative estimate of drug-likeness (QED) is 0.500. The van der Waals surface area contributed by atoms with Gasteiger partial charge in [0, 0.05) is 19.6 Å². The second-order valence-electron chi connectivity index (χ2n) is 7.06. The van der Waals surface area contributed by atoms with Crippen molar-refractivity contribution < 1.29 is 9.84 Å². The van der Waals surface area contributed by atoms with Crippen LogP contribution in [0.4, 0.5) is 5.95 Å². The number of hydrogen-bond acceptors (Lipinski definition) is 7. The number of benzene rings is 1. The number of ether oxygens (including phenoxy) is 1. The minimum absolute atomic E-state index is 0.0318.